The molecule has 1 saturated carbocycles. The number of Topliss-reactive ketones (excluding diaryl/α,β-unsaturated/α-hetero) is 1. The van der Waals surface area contributed by atoms with Crippen molar-refractivity contribution in [1.82, 2.24) is 9.47 Å². The first-order valence-electron chi connectivity index (χ1n) is 10.9. The lowest BCUT2D eigenvalue weighted by Crippen LogP contribution is -2.58. The molecule has 9 heteroatoms. The van der Waals surface area contributed by atoms with Crippen molar-refractivity contribution in [1.29, 1.82) is 0 Å². The standard InChI is InChI=1S/C24H28ClFN2O5/c1-27-11-17-23(31)22(30)16(10-28(17)24(13-27)8-14(9-24)12-32-2)18(29)6-4-15-5-7-19(33-3)20(25)21(15)26/h5,7,10,14,31H,4,6,8-9,11-13H2,1-3H3. The molecule has 1 spiro atoms. The summed E-state index contributed by atoms with van der Waals surface area (Å²) >= 11 is 5.97. The van der Waals surface area contributed by atoms with Crippen LogP contribution in [0.1, 0.15) is 40.9 Å². The number of hydrogen-bond donors (Lipinski definition) is 1. The Morgan fingerprint density at radius 1 is 1.33 bits per heavy atom. The fourth-order valence-corrected chi connectivity index (χ4v) is 5.56. The number of aromatic nitrogens is 1. The number of likely N-dealkylation sites (N-methyl/N-ethyl adjacent to an activating group) is 1. The number of aromatic hydroxyl groups is 1. The zero-order valence-electron chi connectivity index (χ0n) is 19.0. The van der Waals surface area contributed by atoms with Crippen LogP contribution in [0.4, 0.5) is 4.39 Å². The van der Waals surface area contributed by atoms with E-state index in [0.717, 1.165) is 19.4 Å². The molecule has 7 nitrogen and oxygen atoms in total. The van der Waals surface area contributed by atoms with Crippen molar-refractivity contribution in [2.45, 2.75) is 37.8 Å². The first kappa shape index (κ1) is 23.7. The molecule has 0 amide bonds. The van der Waals surface area contributed by atoms with Crippen molar-refractivity contribution in [2.75, 3.05) is 34.4 Å². The van der Waals surface area contributed by atoms with Gasteiger partial charge in [0.1, 0.15) is 16.6 Å². The summed E-state index contributed by atoms with van der Waals surface area (Å²) in [5.74, 6) is -0.878. The number of carbonyl (C=O) groups excluding carboxylic acids is 1. The average molecular weight is 479 g/mol. The Labute approximate surface area is 196 Å². The van der Waals surface area contributed by atoms with Crippen molar-refractivity contribution in [2.24, 2.45) is 5.92 Å². The minimum atomic E-state index is -0.683. The smallest absolute Gasteiger partial charge is 0.234 e. The predicted molar refractivity (Wildman–Crippen MR) is 122 cm³/mol. The molecule has 2 aliphatic rings. The number of halogens is 2. The fraction of sp³-hybridized carbons (Fsp3) is 0.500. The largest absolute Gasteiger partial charge is 0.503 e. The number of hydrogen-bond acceptors (Lipinski definition) is 6. The zero-order chi connectivity index (χ0) is 23.9. The monoisotopic (exact) mass is 478 g/mol. The van der Waals surface area contributed by atoms with Gasteiger partial charge in [-0.05, 0) is 43.9 Å². The van der Waals surface area contributed by atoms with Crippen molar-refractivity contribution in [3.63, 3.8) is 0 Å². The third-order valence-electron chi connectivity index (χ3n) is 6.79. The maximum absolute atomic E-state index is 14.5. The molecule has 178 valence electrons. The summed E-state index contributed by atoms with van der Waals surface area (Å²) in [5.41, 5.74) is -0.264. The Morgan fingerprint density at radius 2 is 2.06 bits per heavy atom. The molecule has 1 aliphatic carbocycles. The fourth-order valence-electron chi connectivity index (χ4n) is 5.30. The minimum Gasteiger partial charge on any atom is -0.503 e. The highest BCUT2D eigenvalue weighted by molar-refractivity contribution is 6.32. The molecule has 1 aromatic heterocycles. The highest BCUT2D eigenvalue weighted by Gasteiger charge is 2.49. The maximum Gasteiger partial charge on any atom is 0.234 e. The molecule has 0 saturated heterocycles. The van der Waals surface area contributed by atoms with Gasteiger partial charge in [0, 0.05) is 39.4 Å². The summed E-state index contributed by atoms with van der Waals surface area (Å²) in [7, 11) is 5.01. The third-order valence-corrected chi connectivity index (χ3v) is 7.14. The van der Waals surface area contributed by atoms with Crippen LogP contribution in [0.5, 0.6) is 11.5 Å². The van der Waals surface area contributed by atoms with E-state index in [-0.39, 0.29) is 46.0 Å². The lowest BCUT2D eigenvalue weighted by atomic mass is 9.67. The number of rotatable bonds is 7. The van der Waals surface area contributed by atoms with Crippen molar-refractivity contribution in [3.05, 3.63) is 56.2 Å². The summed E-state index contributed by atoms with van der Waals surface area (Å²) in [6, 6.07) is 3.05. The number of carbonyl (C=O) groups is 1. The number of ketones is 1. The van der Waals surface area contributed by atoms with Crippen molar-refractivity contribution < 1.29 is 23.8 Å². The first-order valence-corrected chi connectivity index (χ1v) is 11.3. The second kappa shape index (κ2) is 9.08. The molecule has 2 heterocycles. The Balaban J connectivity index is 1.62. The molecule has 4 rings (SSSR count). The molecular weight excluding hydrogens is 451 g/mol. The van der Waals surface area contributed by atoms with Gasteiger partial charge in [-0.15, -0.1) is 0 Å². The molecule has 1 fully saturated rings. The number of benzene rings is 1. The number of nitrogens with zero attached hydrogens (tertiary/aromatic N) is 2. The van der Waals surface area contributed by atoms with Gasteiger partial charge in [-0.3, -0.25) is 14.5 Å². The van der Waals surface area contributed by atoms with Gasteiger partial charge in [-0.1, -0.05) is 17.7 Å². The molecule has 33 heavy (non-hydrogen) atoms. The predicted octanol–water partition coefficient (Wildman–Crippen LogP) is 3.37. The van der Waals surface area contributed by atoms with E-state index in [9.17, 15) is 19.1 Å². The van der Waals surface area contributed by atoms with E-state index >= 15 is 0 Å². The Morgan fingerprint density at radius 3 is 2.73 bits per heavy atom. The van der Waals surface area contributed by atoms with E-state index < -0.39 is 17.0 Å². The van der Waals surface area contributed by atoms with Crippen LogP contribution in [0.25, 0.3) is 0 Å². The van der Waals surface area contributed by atoms with Gasteiger partial charge < -0.3 is 19.1 Å². The lowest BCUT2D eigenvalue weighted by molar-refractivity contribution is -0.0271. The molecule has 0 unspecified atom stereocenters. The molecule has 1 aliphatic heterocycles. The number of methoxy groups -OCH3 is 2. The van der Waals surface area contributed by atoms with Crippen LogP contribution in [-0.4, -0.2) is 54.8 Å². The molecule has 2 aromatic rings. The average Bonchev–Trinajstić information content (AvgIpc) is 2.76. The van der Waals surface area contributed by atoms with Gasteiger partial charge in [0.25, 0.3) is 0 Å². The van der Waals surface area contributed by atoms with Crippen LogP contribution in [-0.2, 0) is 23.2 Å². The van der Waals surface area contributed by atoms with Gasteiger partial charge in [0.05, 0.1) is 23.9 Å². The Bertz CT molecular complexity index is 1140. The second-order valence-electron chi connectivity index (χ2n) is 9.14. The molecule has 0 atom stereocenters. The topological polar surface area (TPSA) is 81.0 Å². The van der Waals surface area contributed by atoms with Gasteiger partial charge in [0.15, 0.2) is 11.5 Å². The quantitative estimate of drug-likeness (QED) is 0.614. The summed E-state index contributed by atoms with van der Waals surface area (Å²) in [6.07, 6.45) is 3.24. The molecule has 1 N–H and O–H groups in total. The van der Waals surface area contributed by atoms with Crippen LogP contribution in [0.2, 0.25) is 5.02 Å². The number of ether oxygens (including phenoxy) is 2. The number of fused-ring (bicyclic) bond motifs is 2. The van der Waals surface area contributed by atoms with Crippen LogP contribution < -0.4 is 10.2 Å². The Kier molecular flexibility index (Phi) is 6.53. The van der Waals surface area contributed by atoms with E-state index in [4.69, 9.17) is 21.1 Å². The normalized spacial score (nSPS) is 22.2. The summed E-state index contributed by atoms with van der Waals surface area (Å²) in [4.78, 5) is 27.9. The highest BCUT2D eigenvalue weighted by atomic mass is 35.5. The van der Waals surface area contributed by atoms with Gasteiger partial charge in [-0.25, -0.2) is 4.39 Å². The SMILES string of the molecule is COCC1CC2(C1)CN(C)Cc1c(O)c(=O)c(C(=O)CCc3ccc(OC)c(Cl)c3F)cn12. The van der Waals surface area contributed by atoms with Gasteiger partial charge in [-0.2, -0.15) is 0 Å². The summed E-state index contributed by atoms with van der Waals surface area (Å²) in [5, 5.41) is 10.6. The van der Waals surface area contributed by atoms with Crippen LogP contribution in [0.15, 0.2) is 23.1 Å². The summed E-state index contributed by atoms with van der Waals surface area (Å²) < 4.78 is 26.7. The van der Waals surface area contributed by atoms with Gasteiger partial charge >= 0.3 is 0 Å². The van der Waals surface area contributed by atoms with E-state index in [1.54, 1.807) is 13.3 Å². The first-order chi connectivity index (χ1) is 15.7. The minimum absolute atomic E-state index is 0.0696. The van der Waals surface area contributed by atoms with Crippen molar-refractivity contribution >= 4 is 17.4 Å². The number of aryl methyl sites for hydroxylation is 1. The maximum atomic E-state index is 14.5. The van der Waals surface area contributed by atoms with E-state index in [1.807, 2.05) is 11.6 Å². The Hall–Kier alpha value is -2.42. The van der Waals surface area contributed by atoms with Crippen molar-refractivity contribution in [3.8, 4) is 11.5 Å². The van der Waals surface area contributed by atoms with E-state index in [1.165, 1.54) is 19.2 Å². The molecule has 1 aromatic carbocycles. The van der Waals surface area contributed by atoms with Crippen LogP contribution in [0, 0.1) is 11.7 Å². The number of pyridine rings is 1. The van der Waals surface area contributed by atoms with E-state index in [0.29, 0.717) is 24.8 Å². The lowest BCUT2D eigenvalue weighted by Gasteiger charge is -2.54. The second-order valence-corrected chi connectivity index (χ2v) is 9.52. The van der Waals surface area contributed by atoms with E-state index in [2.05, 4.69) is 4.90 Å². The summed E-state index contributed by atoms with van der Waals surface area (Å²) in [6.45, 7) is 1.82. The molecule has 0 radical (unpaired) electrons. The molecular formula is C24H28ClFN2O5. The van der Waals surface area contributed by atoms with Gasteiger partial charge in [0.2, 0.25) is 5.43 Å². The third kappa shape index (κ3) is 4.16. The highest BCUT2D eigenvalue weighted by Crippen LogP contribution is 2.48. The molecule has 0 bridgehead atoms. The zero-order valence-corrected chi connectivity index (χ0v) is 19.7. The van der Waals surface area contributed by atoms with Crippen LogP contribution >= 0.6 is 11.6 Å². The van der Waals surface area contributed by atoms with Crippen LogP contribution in [0.3, 0.4) is 0 Å².